The second-order valence-corrected chi connectivity index (χ2v) is 6.98. The first-order chi connectivity index (χ1) is 14.0. The molecule has 2 heterocycles. The molecule has 6 heteroatoms. The van der Waals surface area contributed by atoms with Gasteiger partial charge in [-0.05, 0) is 25.0 Å². The summed E-state index contributed by atoms with van der Waals surface area (Å²) in [6.07, 6.45) is 1.40. The fourth-order valence-corrected chi connectivity index (χ4v) is 3.33. The number of carbonyl (C=O) groups excluding carboxylic acids is 1. The van der Waals surface area contributed by atoms with Gasteiger partial charge in [-0.1, -0.05) is 66.7 Å². The smallest absolute Gasteiger partial charge is 0.259 e. The summed E-state index contributed by atoms with van der Waals surface area (Å²) in [6.45, 7) is 5.38. The average molecular weight is 386 g/mol. The SMILES string of the molecule is CC(=O)N1N=C(c2[nH]nc(-c3ccccc3)c2C)O[C@H]1/C(C)=C/c1ccccc1. The third kappa shape index (κ3) is 3.69. The van der Waals surface area contributed by atoms with Crippen LogP contribution in [0.4, 0.5) is 0 Å². The van der Waals surface area contributed by atoms with Gasteiger partial charge in [0.25, 0.3) is 5.90 Å². The van der Waals surface area contributed by atoms with Gasteiger partial charge in [-0.15, -0.1) is 5.10 Å². The van der Waals surface area contributed by atoms with E-state index in [4.69, 9.17) is 4.74 Å². The fraction of sp³-hybridized carbons (Fsp3) is 0.174. The van der Waals surface area contributed by atoms with E-state index in [1.807, 2.05) is 80.6 Å². The number of hydrazone groups is 1. The molecular formula is C23H22N4O2. The van der Waals surface area contributed by atoms with Gasteiger partial charge in [0.15, 0.2) is 0 Å². The Morgan fingerprint density at radius 2 is 1.72 bits per heavy atom. The molecule has 1 atom stereocenters. The summed E-state index contributed by atoms with van der Waals surface area (Å²) in [5.74, 6) is 0.171. The fourth-order valence-electron chi connectivity index (χ4n) is 3.33. The van der Waals surface area contributed by atoms with Gasteiger partial charge in [0.1, 0.15) is 5.69 Å². The number of nitrogens with zero attached hydrogens (tertiary/aromatic N) is 3. The Balaban J connectivity index is 1.65. The molecule has 0 spiro atoms. The summed E-state index contributed by atoms with van der Waals surface area (Å²) in [4.78, 5) is 12.2. The number of hydrogen-bond donors (Lipinski definition) is 1. The van der Waals surface area contributed by atoms with Crippen molar-refractivity contribution in [2.75, 3.05) is 0 Å². The van der Waals surface area contributed by atoms with Gasteiger partial charge >= 0.3 is 0 Å². The number of carbonyl (C=O) groups is 1. The molecule has 1 aliphatic heterocycles. The molecule has 4 rings (SSSR count). The van der Waals surface area contributed by atoms with E-state index in [2.05, 4.69) is 15.3 Å². The standard InChI is InChI=1S/C23H22N4O2/c1-15(14-18-10-6-4-7-11-18)23-27(17(3)28)26-22(29-23)21-16(2)20(24-25-21)19-12-8-5-9-13-19/h4-14,23H,1-3H3,(H,24,25)/b15-14+/t23-/m0/s1. The van der Waals surface area contributed by atoms with Gasteiger partial charge < -0.3 is 4.74 Å². The van der Waals surface area contributed by atoms with Gasteiger partial charge in [-0.25, -0.2) is 0 Å². The highest BCUT2D eigenvalue weighted by Gasteiger charge is 2.34. The number of amides is 1. The van der Waals surface area contributed by atoms with E-state index in [-0.39, 0.29) is 5.91 Å². The van der Waals surface area contributed by atoms with Crippen LogP contribution in [0.2, 0.25) is 0 Å². The van der Waals surface area contributed by atoms with Gasteiger partial charge in [0.05, 0.1) is 5.69 Å². The van der Waals surface area contributed by atoms with Gasteiger partial charge in [0, 0.05) is 18.1 Å². The molecule has 29 heavy (non-hydrogen) atoms. The highest BCUT2D eigenvalue weighted by Crippen LogP contribution is 2.28. The van der Waals surface area contributed by atoms with Crippen LogP contribution in [0.25, 0.3) is 17.3 Å². The number of rotatable bonds is 4. The number of aromatic nitrogens is 2. The number of hydrogen-bond acceptors (Lipinski definition) is 4. The number of ether oxygens (including phenoxy) is 1. The zero-order chi connectivity index (χ0) is 20.4. The first-order valence-corrected chi connectivity index (χ1v) is 9.43. The summed E-state index contributed by atoms with van der Waals surface area (Å²) < 4.78 is 6.10. The minimum Gasteiger partial charge on any atom is -0.445 e. The normalized spacial score (nSPS) is 16.5. The lowest BCUT2D eigenvalue weighted by atomic mass is 10.1. The van der Waals surface area contributed by atoms with E-state index in [1.54, 1.807) is 0 Å². The molecule has 0 bridgehead atoms. The van der Waals surface area contributed by atoms with Crippen molar-refractivity contribution in [1.29, 1.82) is 0 Å². The van der Waals surface area contributed by atoms with Crippen molar-refractivity contribution in [2.24, 2.45) is 5.10 Å². The van der Waals surface area contributed by atoms with Crippen molar-refractivity contribution in [3.05, 3.63) is 83.1 Å². The first-order valence-electron chi connectivity index (χ1n) is 9.43. The van der Waals surface area contributed by atoms with E-state index in [0.717, 1.165) is 28.0 Å². The van der Waals surface area contributed by atoms with Crippen molar-refractivity contribution < 1.29 is 9.53 Å². The molecule has 3 aromatic rings. The molecule has 0 unspecified atom stereocenters. The van der Waals surface area contributed by atoms with Crippen LogP contribution in [-0.2, 0) is 9.53 Å². The molecule has 0 fully saturated rings. The highest BCUT2D eigenvalue weighted by molar-refractivity contribution is 5.97. The highest BCUT2D eigenvalue weighted by atomic mass is 16.5. The Morgan fingerprint density at radius 3 is 2.38 bits per heavy atom. The maximum absolute atomic E-state index is 12.2. The quantitative estimate of drug-likeness (QED) is 0.724. The molecule has 0 saturated heterocycles. The number of aromatic amines is 1. The summed E-state index contributed by atoms with van der Waals surface area (Å²) >= 11 is 0. The minimum atomic E-state index is -0.592. The molecule has 6 nitrogen and oxygen atoms in total. The molecule has 1 aromatic heterocycles. The second kappa shape index (κ2) is 7.75. The minimum absolute atomic E-state index is 0.189. The van der Waals surface area contributed by atoms with Crippen LogP contribution in [0.3, 0.4) is 0 Å². The third-order valence-electron chi connectivity index (χ3n) is 4.82. The van der Waals surface area contributed by atoms with Gasteiger partial charge in [-0.2, -0.15) is 10.1 Å². The predicted molar refractivity (Wildman–Crippen MR) is 113 cm³/mol. The molecule has 0 aliphatic carbocycles. The lowest BCUT2D eigenvalue weighted by Crippen LogP contribution is -2.33. The van der Waals surface area contributed by atoms with Crippen molar-refractivity contribution in [2.45, 2.75) is 27.0 Å². The lowest BCUT2D eigenvalue weighted by molar-refractivity contribution is -0.133. The monoisotopic (exact) mass is 386 g/mol. The summed E-state index contributed by atoms with van der Waals surface area (Å²) in [6, 6.07) is 19.8. The average Bonchev–Trinajstić information content (AvgIpc) is 3.33. The zero-order valence-electron chi connectivity index (χ0n) is 16.6. The van der Waals surface area contributed by atoms with Gasteiger partial charge in [0.2, 0.25) is 12.1 Å². The van der Waals surface area contributed by atoms with Crippen LogP contribution >= 0.6 is 0 Å². The van der Waals surface area contributed by atoms with Crippen molar-refractivity contribution >= 4 is 17.9 Å². The van der Waals surface area contributed by atoms with E-state index < -0.39 is 6.23 Å². The first kappa shape index (κ1) is 18.7. The number of benzene rings is 2. The molecule has 1 amide bonds. The molecular weight excluding hydrogens is 364 g/mol. The maximum Gasteiger partial charge on any atom is 0.259 e. The molecule has 0 saturated carbocycles. The van der Waals surface area contributed by atoms with Crippen molar-refractivity contribution in [1.82, 2.24) is 15.2 Å². The lowest BCUT2D eigenvalue weighted by Gasteiger charge is -2.19. The van der Waals surface area contributed by atoms with Crippen LogP contribution in [0.5, 0.6) is 0 Å². The molecule has 146 valence electrons. The van der Waals surface area contributed by atoms with Crippen LogP contribution < -0.4 is 0 Å². The summed E-state index contributed by atoms with van der Waals surface area (Å²) in [7, 11) is 0. The van der Waals surface area contributed by atoms with Crippen molar-refractivity contribution in [3.63, 3.8) is 0 Å². The van der Waals surface area contributed by atoms with Crippen molar-refractivity contribution in [3.8, 4) is 11.3 Å². The second-order valence-electron chi connectivity index (χ2n) is 6.98. The number of H-pyrrole nitrogens is 1. The van der Waals surface area contributed by atoms with Crippen LogP contribution in [-0.4, -0.2) is 33.2 Å². The number of nitrogens with one attached hydrogen (secondary N) is 1. The van der Waals surface area contributed by atoms with Crippen LogP contribution in [0.15, 0.2) is 71.3 Å². The largest absolute Gasteiger partial charge is 0.445 e. The van der Waals surface area contributed by atoms with E-state index in [0.29, 0.717) is 11.6 Å². The summed E-state index contributed by atoms with van der Waals surface area (Å²) in [5.41, 5.74) is 5.35. The Labute approximate surface area is 169 Å². The van der Waals surface area contributed by atoms with E-state index in [1.165, 1.54) is 11.9 Å². The van der Waals surface area contributed by atoms with Gasteiger partial charge in [-0.3, -0.25) is 9.89 Å². The zero-order valence-corrected chi connectivity index (χ0v) is 16.6. The Bertz CT molecular complexity index is 1080. The van der Waals surface area contributed by atoms with Crippen LogP contribution in [0.1, 0.15) is 30.7 Å². The maximum atomic E-state index is 12.2. The molecule has 1 N–H and O–H groups in total. The molecule has 2 aromatic carbocycles. The third-order valence-corrected chi connectivity index (χ3v) is 4.82. The summed E-state index contributed by atoms with van der Waals surface area (Å²) in [5, 5.41) is 13.3. The van der Waals surface area contributed by atoms with Crippen LogP contribution in [0, 0.1) is 6.92 Å². The topological polar surface area (TPSA) is 70.6 Å². The van der Waals surface area contributed by atoms with E-state index in [9.17, 15) is 4.79 Å². The predicted octanol–water partition coefficient (Wildman–Crippen LogP) is 4.36. The Morgan fingerprint density at radius 1 is 1.07 bits per heavy atom. The Hall–Kier alpha value is -3.67. The Kier molecular flexibility index (Phi) is 4.99. The van der Waals surface area contributed by atoms with E-state index >= 15 is 0 Å². The molecule has 1 aliphatic rings. The molecule has 0 radical (unpaired) electrons.